The van der Waals surface area contributed by atoms with Gasteiger partial charge in [-0.25, -0.2) is 9.18 Å². The Hall–Kier alpha value is -3.10. The summed E-state index contributed by atoms with van der Waals surface area (Å²) >= 11 is 0. The molecule has 0 aromatic heterocycles. The number of hydrogen-bond donors (Lipinski definition) is 2. The first-order valence-electron chi connectivity index (χ1n) is 8.03. The molecule has 1 saturated heterocycles. The number of carbonyl (C=O) groups excluding carboxylic acids is 2. The van der Waals surface area contributed by atoms with Crippen LogP contribution >= 0.6 is 0 Å². The lowest BCUT2D eigenvalue weighted by molar-refractivity contribution is -0.137. The smallest absolute Gasteiger partial charge is 0.333 e. The van der Waals surface area contributed by atoms with Crippen LogP contribution in [0.1, 0.15) is 12.0 Å². The first-order chi connectivity index (χ1) is 12.7. The number of hydrogen-bond acceptors (Lipinski definition) is 2. The lowest BCUT2D eigenvalue weighted by Crippen LogP contribution is -2.39. The fraction of sp³-hybridized carbons (Fsp3) is 0.222. The van der Waals surface area contributed by atoms with Crippen molar-refractivity contribution in [2.24, 2.45) is 0 Å². The average Bonchev–Trinajstić information content (AvgIpc) is 2.95. The molecule has 2 aromatic rings. The van der Waals surface area contributed by atoms with E-state index in [0.717, 1.165) is 12.1 Å². The molecular formula is C18H15F4N3O2. The van der Waals surface area contributed by atoms with E-state index in [-0.39, 0.29) is 24.6 Å². The van der Waals surface area contributed by atoms with Crippen molar-refractivity contribution in [3.05, 3.63) is 59.9 Å². The number of benzene rings is 2. The molecule has 1 atom stereocenters. The molecule has 0 radical (unpaired) electrons. The summed E-state index contributed by atoms with van der Waals surface area (Å²) in [6.45, 7) is 0.181. The molecule has 0 aliphatic carbocycles. The van der Waals surface area contributed by atoms with Gasteiger partial charge in [0.25, 0.3) is 0 Å². The summed E-state index contributed by atoms with van der Waals surface area (Å²) in [5, 5.41) is 4.89. The maximum absolute atomic E-state index is 13.0. The van der Waals surface area contributed by atoms with Crippen LogP contribution in [0.3, 0.4) is 0 Å². The van der Waals surface area contributed by atoms with Crippen LogP contribution in [0.25, 0.3) is 0 Å². The van der Waals surface area contributed by atoms with E-state index in [9.17, 15) is 27.2 Å². The first kappa shape index (κ1) is 18.7. The molecule has 0 unspecified atom stereocenters. The van der Waals surface area contributed by atoms with Crippen molar-refractivity contribution in [2.45, 2.75) is 18.6 Å². The Morgan fingerprint density at radius 3 is 2.48 bits per heavy atom. The number of alkyl halides is 3. The largest absolute Gasteiger partial charge is 0.416 e. The van der Waals surface area contributed by atoms with E-state index in [1.807, 2.05) is 0 Å². The molecule has 5 nitrogen and oxygen atoms in total. The van der Waals surface area contributed by atoms with Gasteiger partial charge in [-0.15, -0.1) is 0 Å². The Morgan fingerprint density at radius 1 is 1.11 bits per heavy atom. The number of urea groups is 1. The van der Waals surface area contributed by atoms with Crippen molar-refractivity contribution in [1.82, 2.24) is 5.32 Å². The summed E-state index contributed by atoms with van der Waals surface area (Å²) in [5.41, 5.74) is -0.384. The number of carbonyl (C=O) groups is 2. The van der Waals surface area contributed by atoms with Gasteiger partial charge in [-0.1, -0.05) is 6.07 Å². The second-order valence-electron chi connectivity index (χ2n) is 6.06. The highest BCUT2D eigenvalue weighted by Crippen LogP contribution is 2.30. The molecule has 1 heterocycles. The third kappa shape index (κ3) is 4.55. The van der Waals surface area contributed by atoms with Crippen LogP contribution in [0.4, 0.5) is 33.7 Å². The topological polar surface area (TPSA) is 61.4 Å². The van der Waals surface area contributed by atoms with Crippen LogP contribution in [0.5, 0.6) is 0 Å². The zero-order chi connectivity index (χ0) is 19.6. The van der Waals surface area contributed by atoms with Crippen molar-refractivity contribution in [1.29, 1.82) is 0 Å². The maximum atomic E-state index is 13.0. The predicted molar refractivity (Wildman–Crippen MR) is 90.8 cm³/mol. The Kier molecular flexibility index (Phi) is 5.02. The van der Waals surface area contributed by atoms with Crippen molar-refractivity contribution in [3.63, 3.8) is 0 Å². The molecule has 1 aliphatic rings. The highest BCUT2D eigenvalue weighted by atomic mass is 19.4. The van der Waals surface area contributed by atoms with Gasteiger partial charge in [0.2, 0.25) is 5.91 Å². The quantitative estimate of drug-likeness (QED) is 0.795. The zero-order valence-electron chi connectivity index (χ0n) is 13.9. The van der Waals surface area contributed by atoms with Crippen LogP contribution in [-0.4, -0.2) is 24.5 Å². The van der Waals surface area contributed by atoms with E-state index in [4.69, 9.17) is 0 Å². The third-order valence-electron chi connectivity index (χ3n) is 4.05. The Balaban J connectivity index is 1.60. The van der Waals surface area contributed by atoms with Gasteiger partial charge in [0.15, 0.2) is 0 Å². The molecule has 27 heavy (non-hydrogen) atoms. The monoisotopic (exact) mass is 381 g/mol. The summed E-state index contributed by atoms with van der Waals surface area (Å²) < 4.78 is 51.1. The number of amides is 3. The first-order valence-corrected chi connectivity index (χ1v) is 8.03. The number of rotatable bonds is 3. The molecule has 1 fully saturated rings. The SMILES string of the molecule is O=C(Nc1cccc(C(F)(F)F)c1)N[C@@H]1CC(=O)N(c2ccc(F)cc2)C1. The lowest BCUT2D eigenvalue weighted by Gasteiger charge is -2.17. The zero-order valence-corrected chi connectivity index (χ0v) is 13.9. The standard InChI is InChI=1S/C18H15F4N3O2/c19-12-4-6-15(7-5-12)25-10-14(9-16(25)26)24-17(27)23-13-3-1-2-11(8-13)18(20,21)22/h1-8,14H,9-10H2,(H2,23,24,27)/t14-/m1/s1. The van der Waals surface area contributed by atoms with Crippen molar-refractivity contribution < 1.29 is 27.2 Å². The fourth-order valence-electron chi connectivity index (χ4n) is 2.80. The summed E-state index contributed by atoms with van der Waals surface area (Å²) in [7, 11) is 0. The minimum atomic E-state index is -4.51. The van der Waals surface area contributed by atoms with Crippen molar-refractivity contribution >= 4 is 23.3 Å². The second-order valence-corrected chi connectivity index (χ2v) is 6.06. The maximum Gasteiger partial charge on any atom is 0.416 e. The van der Waals surface area contributed by atoms with Gasteiger partial charge in [-0.05, 0) is 42.5 Å². The van der Waals surface area contributed by atoms with Gasteiger partial charge in [0.05, 0.1) is 11.6 Å². The molecule has 3 rings (SSSR count). The summed E-state index contributed by atoms with van der Waals surface area (Å²) in [6.07, 6.45) is -4.48. The molecule has 2 N–H and O–H groups in total. The highest BCUT2D eigenvalue weighted by Gasteiger charge is 2.32. The number of nitrogens with zero attached hydrogens (tertiary/aromatic N) is 1. The normalized spacial score (nSPS) is 17.1. The third-order valence-corrected chi connectivity index (χ3v) is 4.05. The van der Waals surface area contributed by atoms with Gasteiger partial charge >= 0.3 is 12.2 Å². The number of anilines is 2. The molecule has 3 amide bonds. The minimum absolute atomic E-state index is 0.0120. The van der Waals surface area contributed by atoms with E-state index in [2.05, 4.69) is 10.6 Å². The van der Waals surface area contributed by atoms with Crippen LogP contribution in [0.2, 0.25) is 0 Å². The Morgan fingerprint density at radius 2 is 1.81 bits per heavy atom. The van der Waals surface area contributed by atoms with Gasteiger partial charge < -0.3 is 15.5 Å². The van der Waals surface area contributed by atoms with E-state index < -0.39 is 29.6 Å². The number of nitrogens with one attached hydrogen (secondary N) is 2. The van der Waals surface area contributed by atoms with E-state index in [1.165, 1.54) is 41.3 Å². The number of halogens is 4. The van der Waals surface area contributed by atoms with E-state index in [1.54, 1.807) is 0 Å². The minimum Gasteiger partial charge on any atom is -0.333 e. The highest BCUT2D eigenvalue weighted by molar-refractivity contribution is 5.97. The van der Waals surface area contributed by atoms with Gasteiger partial charge in [-0.3, -0.25) is 4.79 Å². The Labute approximate surface area is 152 Å². The van der Waals surface area contributed by atoms with Crippen LogP contribution < -0.4 is 15.5 Å². The van der Waals surface area contributed by atoms with Crippen molar-refractivity contribution in [3.8, 4) is 0 Å². The average molecular weight is 381 g/mol. The summed E-state index contributed by atoms with van der Waals surface area (Å²) in [5.74, 6) is -0.675. The molecule has 0 spiro atoms. The van der Waals surface area contributed by atoms with E-state index >= 15 is 0 Å². The fourth-order valence-corrected chi connectivity index (χ4v) is 2.80. The van der Waals surface area contributed by atoms with Crippen LogP contribution in [-0.2, 0) is 11.0 Å². The Bertz CT molecular complexity index is 852. The summed E-state index contributed by atoms with van der Waals surface area (Å²) in [4.78, 5) is 25.6. The molecular weight excluding hydrogens is 366 g/mol. The molecule has 9 heteroatoms. The molecule has 142 valence electrons. The second kappa shape index (κ2) is 7.26. The molecule has 0 saturated carbocycles. The van der Waals surface area contributed by atoms with Gasteiger partial charge in [-0.2, -0.15) is 13.2 Å². The van der Waals surface area contributed by atoms with E-state index in [0.29, 0.717) is 5.69 Å². The predicted octanol–water partition coefficient (Wildman–Crippen LogP) is 3.77. The van der Waals surface area contributed by atoms with Gasteiger partial charge in [0, 0.05) is 24.3 Å². The molecule has 1 aliphatic heterocycles. The van der Waals surface area contributed by atoms with Crippen molar-refractivity contribution in [2.75, 3.05) is 16.8 Å². The molecule has 2 aromatic carbocycles. The van der Waals surface area contributed by atoms with Crippen LogP contribution in [0.15, 0.2) is 48.5 Å². The molecule has 0 bridgehead atoms. The lowest BCUT2D eigenvalue weighted by atomic mass is 10.2. The van der Waals surface area contributed by atoms with Crippen LogP contribution in [0, 0.1) is 5.82 Å². The van der Waals surface area contributed by atoms with Gasteiger partial charge in [0.1, 0.15) is 5.82 Å². The summed E-state index contributed by atoms with van der Waals surface area (Å²) in [6, 6.07) is 8.38.